The van der Waals surface area contributed by atoms with Gasteiger partial charge in [-0.1, -0.05) is 12.1 Å². The Bertz CT molecular complexity index is 662. The summed E-state index contributed by atoms with van der Waals surface area (Å²) in [5.41, 5.74) is 0.497. The zero-order valence-electron chi connectivity index (χ0n) is 10.4. The van der Waals surface area contributed by atoms with Gasteiger partial charge < -0.3 is 9.88 Å². The van der Waals surface area contributed by atoms with Gasteiger partial charge in [-0.15, -0.1) is 0 Å². The van der Waals surface area contributed by atoms with Gasteiger partial charge in [-0.3, -0.25) is 4.79 Å². The lowest BCUT2D eigenvalue weighted by molar-refractivity contribution is 0.0982. The summed E-state index contributed by atoms with van der Waals surface area (Å²) in [5.74, 6) is -0.875. The Kier molecular flexibility index (Phi) is 4.53. The van der Waals surface area contributed by atoms with Crippen LogP contribution in [0.3, 0.4) is 0 Å². The summed E-state index contributed by atoms with van der Waals surface area (Å²) in [5, 5.41) is 8.69. The van der Waals surface area contributed by atoms with E-state index in [2.05, 4.69) is 20.9 Å². The zero-order valence-corrected chi connectivity index (χ0v) is 12.0. The quantitative estimate of drug-likeness (QED) is 0.929. The van der Waals surface area contributed by atoms with E-state index in [-0.39, 0.29) is 24.6 Å². The zero-order chi connectivity index (χ0) is 14.5. The molecule has 0 fully saturated rings. The molecule has 2 aromatic rings. The molecule has 0 aliphatic carbocycles. The topological polar surface area (TPSA) is 59.9 Å². The van der Waals surface area contributed by atoms with Gasteiger partial charge in [0, 0.05) is 17.2 Å². The number of hydrogen-bond donors (Lipinski definition) is 1. The van der Waals surface area contributed by atoms with Crippen LogP contribution in [0.4, 0.5) is 10.1 Å². The average Bonchev–Trinajstić information content (AvgIpc) is 2.87. The van der Waals surface area contributed by atoms with Crippen LogP contribution in [0.2, 0.25) is 0 Å². The third kappa shape index (κ3) is 3.06. The number of amides is 1. The van der Waals surface area contributed by atoms with Crippen molar-refractivity contribution >= 4 is 27.5 Å². The second-order valence-corrected chi connectivity index (χ2v) is 4.96. The second-order valence-electron chi connectivity index (χ2n) is 4.05. The molecule has 0 atom stereocenters. The first-order chi connectivity index (χ1) is 9.63. The van der Waals surface area contributed by atoms with E-state index in [0.717, 1.165) is 4.47 Å². The van der Waals surface area contributed by atoms with Crippen molar-refractivity contribution in [1.29, 1.82) is 5.26 Å². The minimum atomic E-state index is -0.496. The number of nitrogens with zero attached hydrogens (tertiary/aromatic N) is 2. The first-order valence-electron chi connectivity index (χ1n) is 5.90. The molecule has 102 valence electrons. The van der Waals surface area contributed by atoms with Crippen molar-refractivity contribution in [2.75, 3.05) is 11.4 Å². The molecule has 1 amide bonds. The highest BCUT2D eigenvalue weighted by molar-refractivity contribution is 9.10. The maximum Gasteiger partial charge on any atom is 0.274 e. The number of carbonyl (C=O) groups excluding carboxylic acids is 1. The number of aromatic nitrogens is 1. The molecule has 4 nitrogen and oxygen atoms in total. The monoisotopic (exact) mass is 335 g/mol. The second kappa shape index (κ2) is 6.35. The van der Waals surface area contributed by atoms with E-state index in [4.69, 9.17) is 5.26 Å². The molecule has 0 unspecified atom stereocenters. The lowest BCUT2D eigenvalue weighted by Gasteiger charge is -2.21. The van der Waals surface area contributed by atoms with Gasteiger partial charge in [-0.2, -0.15) is 5.26 Å². The van der Waals surface area contributed by atoms with Crippen molar-refractivity contribution < 1.29 is 9.18 Å². The van der Waals surface area contributed by atoms with Crippen molar-refractivity contribution in [2.24, 2.45) is 0 Å². The summed E-state index contributed by atoms with van der Waals surface area (Å²) in [6.07, 6.45) is 1.75. The Morgan fingerprint density at radius 1 is 1.45 bits per heavy atom. The molecule has 1 N–H and O–H groups in total. The molecule has 1 aromatic heterocycles. The number of hydrogen-bond acceptors (Lipinski definition) is 2. The maximum absolute atomic E-state index is 13.9. The van der Waals surface area contributed by atoms with E-state index in [1.165, 1.54) is 17.0 Å². The molecule has 0 saturated carbocycles. The Morgan fingerprint density at radius 2 is 2.20 bits per heavy atom. The molecule has 0 saturated heterocycles. The number of para-hydroxylation sites is 1. The van der Waals surface area contributed by atoms with Crippen molar-refractivity contribution in [3.05, 3.63) is 52.5 Å². The first kappa shape index (κ1) is 14.3. The fourth-order valence-corrected chi connectivity index (χ4v) is 2.14. The fraction of sp³-hybridized carbons (Fsp3) is 0.143. The molecule has 0 radical (unpaired) electrons. The highest BCUT2D eigenvalue weighted by Crippen LogP contribution is 2.22. The summed E-state index contributed by atoms with van der Waals surface area (Å²) in [6, 6.07) is 9.58. The van der Waals surface area contributed by atoms with Crippen LogP contribution in [0.5, 0.6) is 0 Å². The smallest absolute Gasteiger partial charge is 0.274 e. The van der Waals surface area contributed by atoms with Gasteiger partial charge >= 0.3 is 0 Å². The SMILES string of the molecule is N#CCCN(C(=O)c1cc(Br)c[nH]1)c1ccccc1F. The van der Waals surface area contributed by atoms with Crippen LogP contribution in [0.1, 0.15) is 16.9 Å². The summed E-state index contributed by atoms with van der Waals surface area (Å²) < 4.78 is 14.6. The lowest BCUT2D eigenvalue weighted by atomic mass is 10.2. The fourth-order valence-electron chi connectivity index (χ4n) is 1.80. The van der Waals surface area contributed by atoms with E-state index >= 15 is 0 Å². The van der Waals surface area contributed by atoms with Crippen LogP contribution < -0.4 is 4.90 Å². The van der Waals surface area contributed by atoms with Crippen molar-refractivity contribution in [1.82, 2.24) is 4.98 Å². The van der Waals surface area contributed by atoms with Crippen molar-refractivity contribution in [3.63, 3.8) is 0 Å². The van der Waals surface area contributed by atoms with Crippen LogP contribution in [0, 0.1) is 17.1 Å². The maximum atomic E-state index is 13.9. The van der Waals surface area contributed by atoms with Crippen LogP contribution in [0.15, 0.2) is 41.0 Å². The number of carbonyl (C=O) groups is 1. The molecule has 1 heterocycles. The minimum Gasteiger partial charge on any atom is -0.356 e. The number of rotatable bonds is 4. The highest BCUT2D eigenvalue weighted by atomic mass is 79.9. The largest absolute Gasteiger partial charge is 0.356 e. The van der Waals surface area contributed by atoms with Crippen LogP contribution in [-0.2, 0) is 0 Å². The van der Waals surface area contributed by atoms with E-state index in [0.29, 0.717) is 5.69 Å². The summed E-state index contributed by atoms with van der Waals surface area (Å²) >= 11 is 3.24. The van der Waals surface area contributed by atoms with Crippen LogP contribution in [0.25, 0.3) is 0 Å². The van der Waals surface area contributed by atoms with Gasteiger partial charge in [0.25, 0.3) is 5.91 Å². The predicted octanol–water partition coefficient (Wildman–Crippen LogP) is 3.48. The minimum absolute atomic E-state index is 0.127. The normalized spacial score (nSPS) is 10.1. The molecule has 1 aromatic carbocycles. The summed E-state index contributed by atoms with van der Waals surface area (Å²) in [6.45, 7) is 0.132. The third-order valence-corrected chi connectivity index (χ3v) is 3.17. The van der Waals surface area contributed by atoms with Crippen LogP contribution in [-0.4, -0.2) is 17.4 Å². The number of halogens is 2. The van der Waals surface area contributed by atoms with Gasteiger partial charge in [0.2, 0.25) is 0 Å². The lowest BCUT2D eigenvalue weighted by Crippen LogP contribution is -2.32. The summed E-state index contributed by atoms with van der Waals surface area (Å²) in [4.78, 5) is 16.5. The molecule has 0 spiro atoms. The number of anilines is 1. The number of nitrogens with one attached hydrogen (secondary N) is 1. The number of nitriles is 1. The molecule has 20 heavy (non-hydrogen) atoms. The van der Waals surface area contributed by atoms with E-state index in [1.807, 2.05) is 6.07 Å². The van der Waals surface area contributed by atoms with Gasteiger partial charge in [0.1, 0.15) is 11.5 Å². The Hall–Kier alpha value is -2.13. The average molecular weight is 336 g/mol. The van der Waals surface area contributed by atoms with Gasteiger partial charge in [0.05, 0.1) is 18.2 Å². The van der Waals surface area contributed by atoms with E-state index in [9.17, 15) is 9.18 Å². The third-order valence-electron chi connectivity index (χ3n) is 2.71. The first-order valence-corrected chi connectivity index (χ1v) is 6.70. The van der Waals surface area contributed by atoms with Crippen LogP contribution >= 0.6 is 15.9 Å². The predicted molar refractivity (Wildman–Crippen MR) is 76.8 cm³/mol. The molecule has 0 aliphatic rings. The molecule has 0 aliphatic heterocycles. The van der Waals surface area contributed by atoms with E-state index < -0.39 is 5.82 Å². The highest BCUT2D eigenvalue weighted by Gasteiger charge is 2.21. The Morgan fingerprint density at radius 3 is 2.80 bits per heavy atom. The molecular weight excluding hydrogens is 325 g/mol. The van der Waals surface area contributed by atoms with Gasteiger partial charge in [0.15, 0.2) is 0 Å². The van der Waals surface area contributed by atoms with Crippen molar-refractivity contribution in [2.45, 2.75) is 6.42 Å². The Labute approximate surface area is 124 Å². The number of aromatic amines is 1. The molecule has 0 bridgehead atoms. The van der Waals surface area contributed by atoms with Crippen molar-refractivity contribution in [3.8, 4) is 6.07 Å². The molecule has 2 rings (SSSR count). The summed E-state index contributed by atoms with van der Waals surface area (Å²) in [7, 11) is 0. The number of benzene rings is 1. The van der Waals surface area contributed by atoms with Gasteiger partial charge in [-0.05, 0) is 34.1 Å². The van der Waals surface area contributed by atoms with Gasteiger partial charge in [-0.25, -0.2) is 4.39 Å². The van der Waals surface area contributed by atoms with E-state index in [1.54, 1.807) is 24.4 Å². The number of H-pyrrole nitrogens is 1. The Balaban J connectivity index is 2.35. The standard InChI is InChI=1S/C14H11BrFN3O/c15-10-8-12(18-9-10)14(20)19(7-3-6-17)13-5-2-1-4-11(13)16/h1-2,4-5,8-9,18H,3,7H2. The molecule has 6 heteroatoms. The molecular formula is C14H11BrFN3O.